The van der Waals surface area contributed by atoms with E-state index in [0.29, 0.717) is 24.8 Å². The van der Waals surface area contributed by atoms with Crippen LogP contribution in [-0.4, -0.2) is 5.78 Å². The summed E-state index contributed by atoms with van der Waals surface area (Å²) in [5.74, 6) is 0.0318. The average Bonchev–Trinajstić information content (AvgIpc) is 2.21. The molecule has 0 aliphatic heterocycles. The minimum atomic E-state index is -0.296. The Morgan fingerprint density at radius 1 is 1.35 bits per heavy atom. The predicted molar refractivity (Wildman–Crippen MR) is 71.5 cm³/mol. The zero-order valence-electron chi connectivity index (χ0n) is 10.5. The molecule has 1 aromatic rings. The first-order valence-electron chi connectivity index (χ1n) is 5.78. The number of benzene rings is 1. The fourth-order valence-electron chi connectivity index (χ4n) is 1.55. The minimum absolute atomic E-state index is 0.198. The van der Waals surface area contributed by atoms with Crippen molar-refractivity contribution in [3.05, 3.63) is 34.1 Å². The van der Waals surface area contributed by atoms with E-state index in [9.17, 15) is 9.18 Å². The molecule has 1 aromatic carbocycles. The van der Waals surface area contributed by atoms with Crippen LogP contribution in [0.15, 0.2) is 22.7 Å². The van der Waals surface area contributed by atoms with Crippen molar-refractivity contribution in [2.45, 2.75) is 40.0 Å². The number of carbonyl (C=O) groups is 1. The second kappa shape index (κ2) is 5.76. The SMILES string of the molecule is CC(C)(C)C(=O)CCCc1cc(Br)ccc1F. The zero-order valence-corrected chi connectivity index (χ0v) is 12.1. The van der Waals surface area contributed by atoms with Gasteiger partial charge in [-0.15, -0.1) is 0 Å². The van der Waals surface area contributed by atoms with Gasteiger partial charge < -0.3 is 0 Å². The van der Waals surface area contributed by atoms with Crippen LogP contribution in [-0.2, 0) is 11.2 Å². The molecular weight excluding hydrogens is 283 g/mol. The topological polar surface area (TPSA) is 17.1 Å². The largest absolute Gasteiger partial charge is 0.299 e. The van der Waals surface area contributed by atoms with E-state index in [4.69, 9.17) is 0 Å². The summed E-state index contributed by atoms with van der Waals surface area (Å²) in [5.41, 5.74) is 0.372. The number of hydrogen-bond acceptors (Lipinski definition) is 1. The van der Waals surface area contributed by atoms with Gasteiger partial charge in [0.2, 0.25) is 0 Å². The molecule has 0 N–H and O–H groups in total. The van der Waals surface area contributed by atoms with E-state index in [-0.39, 0.29) is 17.0 Å². The lowest BCUT2D eigenvalue weighted by Gasteiger charge is -2.16. The third-order valence-corrected chi connectivity index (χ3v) is 3.19. The standard InChI is InChI=1S/C14H18BrFO/c1-14(2,3)13(17)6-4-5-10-9-11(15)7-8-12(10)16/h7-9H,4-6H2,1-3H3. The Balaban J connectivity index is 2.52. The van der Waals surface area contributed by atoms with Crippen LogP contribution in [0.25, 0.3) is 0 Å². The number of carbonyl (C=O) groups excluding carboxylic acids is 1. The Morgan fingerprint density at radius 2 is 2.00 bits per heavy atom. The van der Waals surface area contributed by atoms with E-state index in [2.05, 4.69) is 15.9 Å². The second-order valence-electron chi connectivity index (χ2n) is 5.26. The Hall–Kier alpha value is -0.700. The molecule has 3 heteroatoms. The van der Waals surface area contributed by atoms with Gasteiger partial charge in [0, 0.05) is 16.3 Å². The highest BCUT2D eigenvalue weighted by molar-refractivity contribution is 9.10. The number of rotatable bonds is 4. The van der Waals surface area contributed by atoms with Gasteiger partial charge in [0.15, 0.2) is 0 Å². The smallest absolute Gasteiger partial charge is 0.138 e. The summed E-state index contributed by atoms with van der Waals surface area (Å²) in [6.45, 7) is 5.74. The highest BCUT2D eigenvalue weighted by Gasteiger charge is 2.20. The summed E-state index contributed by atoms with van der Waals surface area (Å²) < 4.78 is 14.3. The first-order valence-corrected chi connectivity index (χ1v) is 6.57. The van der Waals surface area contributed by atoms with Crippen molar-refractivity contribution in [2.75, 3.05) is 0 Å². The zero-order chi connectivity index (χ0) is 13.1. The fourth-order valence-corrected chi connectivity index (χ4v) is 1.96. The van der Waals surface area contributed by atoms with E-state index >= 15 is 0 Å². The lowest BCUT2D eigenvalue weighted by molar-refractivity contribution is -0.126. The number of halogens is 2. The Morgan fingerprint density at radius 3 is 2.59 bits per heavy atom. The van der Waals surface area contributed by atoms with E-state index < -0.39 is 0 Å². The van der Waals surface area contributed by atoms with Gasteiger partial charge in [0.1, 0.15) is 11.6 Å². The van der Waals surface area contributed by atoms with Gasteiger partial charge in [-0.2, -0.15) is 0 Å². The summed E-state index contributed by atoms with van der Waals surface area (Å²) >= 11 is 3.32. The third-order valence-electron chi connectivity index (χ3n) is 2.69. The fraction of sp³-hybridized carbons (Fsp3) is 0.500. The molecule has 0 unspecified atom stereocenters. The van der Waals surface area contributed by atoms with Crippen LogP contribution in [0.2, 0.25) is 0 Å². The van der Waals surface area contributed by atoms with Crippen molar-refractivity contribution < 1.29 is 9.18 Å². The van der Waals surface area contributed by atoms with Crippen LogP contribution in [0, 0.1) is 11.2 Å². The van der Waals surface area contributed by atoms with Gasteiger partial charge in [-0.05, 0) is 36.6 Å². The monoisotopic (exact) mass is 300 g/mol. The highest BCUT2D eigenvalue weighted by atomic mass is 79.9. The lowest BCUT2D eigenvalue weighted by Crippen LogP contribution is -2.19. The molecule has 0 atom stereocenters. The molecule has 0 radical (unpaired) electrons. The molecule has 0 saturated carbocycles. The van der Waals surface area contributed by atoms with Crippen LogP contribution in [0.3, 0.4) is 0 Å². The number of aryl methyl sites for hydroxylation is 1. The van der Waals surface area contributed by atoms with Crippen molar-refractivity contribution >= 4 is 21.7 Å². The van der Waals surface area contributed by atoms with Gasteiger partial charge in [-0.1, -0.05) is 36.7 Å². The van der Waals surface area contributed by atoms with Crippen LogP contribution in [0.1, 0.15) is 39.2 Å². The van der Waals surface area contributed by atoms with Gasteiger partial charge in [0.05, 0.1) is 0 Å². The molecule has 0 spiro atoms. The third kappa shape index (κ3) is 4.58. The normalized spacial score (nSPS) is 11.6. The van der Waals surface area contributed by atoms with Crippen molar-refractivity contribution in [3.8, 4) is 0 Å². The Labute approximate surface area is 111 Å². The van der Waals surface area contributed by atoms with Crippen molar-refractivity contribution in [1.29, 1.82) is 0 Å². The average molecular weight is 301 g/mol. The number of Topliss-reactive ketones (excluding diaryl/α,β-unsaturated/α-hetero) is 1. The first kappa shape index (κ1) is 14.4. The molecule has 0 aliphatic carbocycles. The minimum Gasteiger partial charge on any atom is -0.299 e. The van der Waals surface area contributed by atoms with Gasteiger partial charge in [-0.3, -0.25) is 4.79 Å². The molecule has 1 nitrogen and oxygen atoms in total. The van der Waals surface area contributed by atoms with Crippen LogP contribution in [0.4, 0.5) is 4.39 Å². The lowest BCUT2D eigenvalue weighted by atomic mass is 9.87. The molecule has 1 rings (SSSR count). The van der Waals surface area contributed by atoms with Crippen molar-refractivity contribution in [2.24, 2.45) is 5.41 Å². The Kier molecular flexibility index (Phi) is 4.87. The van der Waals surface area contributed by atoms with Gasteiger partial charge >= 0.3 is 0 Å². The summed E-state index contributed by atoms with van der Waals surface area (Å²) in [6, 6.07) is 4.90. The molecule has 0 aliphatic rings. The molecule has 0 bridgehead atoms. The summed E-state index contributed by atoms with van der Waals surface area (Å²) in [5, 5.41) is 0. The molecule has 94 valence electrons. The molecule has 0 saturated heterocycles. The van der Waals surface area contributed by atoms with E-state index in [0.717, 1.165) is 4.47 Å². The van der Waals surface area contributed by atoms with E-state index in [1.807, 2.05) is 20.8 Å². The van der Waals surface area contributed by atoms with E-state index in [1.165, 1.54) is 6.07 Å². The maximum atomic E-state index is 13.4. The molecule has 0 aromatic heterocycles. The highest BCUT2D eigenvalue weighted by Crippen LogP contribution is 2.21. The maximum Gasteiger partial charge on any atom is 0.138 e. The quantitative estimate of drug-likeness (QED) is 0.798. The number of ketones is 1. The first-order chi connectivity index (χ1) is 7.80. The maximum absolute atomic E-state index is 13.4. The molecular formula is C14H18BrFO. The molecule has 0 fully saturated rings. The van der Waals surface area contributed by atoms with Crippen LogP contribution in [0.5, 0.6) is 0 Å². The molecule has 0 heterocycles. The van der Waals surface area contributed by atoms with Crippen molar-refractivity contribution in [1.82, 2.24) is 0 Å². The summed E-state index contributed by atoms with van der Waals surface area (Å²) in [7, 11) is 0. The Bertz CT molecular complexity index is 407. The predicted octanol–water partition coefficient (Wildman–Crippen LogP) is 4.53. The number of hydrogen-bond donors (Lipinski definition) is 0. The van der Waals surface area contributed by atoms with Gasteiger partial charge in [0.25, 0.3) is 0 Å². The van der Waals surface area contributed by atoms with Gasteiger partial charge in [-0.25, -0.2) is 4.39 Å². The van der Waals surface area contributed by atoms with Crippen molar-refractivity contribution in [3.63, 3.8) is 0 Å². The second-order valence-corrected chi connectivity index (χ2v) is 6.18. The summed E-state index contributed by atoms with van der Waals surface area (Å²) in [4.78, 5) is 11.7. The van der Waals surface area contributed by atoms with Crippen LogP contribution >= 0.6 is 15.9 Å². The summed E-state index contributed by atoms with van der Waals surface area (Å²) in [6.07, 6.45) is 1.81. The van der Waals surface area contributed by atoms with Crippen LogP contribution < -0.4 is 0 Å². The molecule has 0 amide bonds. The van der Waals surface area contributed by atoms with E-state index in [1.54, 1.807) is 12.1 Å². The molecule has 17 heavy (non-hydrogen) atoms.